The van der Waals surface area contributed by atoms with Crippen molar-refractivity contribution in [2.45, 2.75) is 45.4 Å². The first kappa shape index (κ1) is 17.9. The molecule has 2 heterocycles. The van der Waals surface area contributed by atoms with Gasteiger partial charge in [0.15, 0.2) is 0 Å². The van der Waals surface area contributed by atoms with Crippen LogP contribution in [0.25, 0.3) is 0 Å². The largest absolute Gasteiger partial charge is 0.303 e. The van der Waals surface area contributed by atoms with Crippen LogP contribution in [0.1, 0.15) is 50.2 Å². The number of benzene rings is 1. The van der Waals surface area contributed by atoms with Crippen LogP contribution in [0, 0.1) is 11.8 Å². The molecule has 0 saturated carbocycles. The van der Waals surface area contributed by atoms with Gasteiger partial charge in [-0.3, -0.25) is 0 Å². The first-order valence-electron chi connectivity index (χ1n) is 9.43. The van der Waals surface area contributed by atoms with E-state index >= 15 is 0 Å². The summed E-state index contributed by atoms with van der Waals surface area (Å²) in [6.07, 6.45) is 4.17. The summed E-state index contributed by atoms with van der Waals surface area (Å²) < 4.78 is 23.1. The van der Waals surface area contributed by atoms with E-state index in [0.717, 1.165) is 25.3 Å². The van der Waals surface area contributed by atoms with E-state index in [-0.39, 0.29) is 0 Å². The second-order valence-electron chi connectivity index (χ2n) is 8.11. The Morgan fingerprint density at radius 1 is 1.04 bits per heavy atom. The zero-order chi connectivity index (χ0) is 17.2. The van der Waals surface area contributed by atoms with E-state index in [4.69, 9.17) is 0 Å². The molecule has 24 heavy (non-hydrogen) atoms. The van der Waals surface area contributed by atoms with Crippen LogP contribution in [-0.2, 0) is 16.3 Å². The van der Waals surface area contributed by atoms with Crippen molar-refractivity contribution in [1.29, 1.82) is 0 Å². The molecule has 134 valence electrons. The fourth-order valence-corrected chi connectivity index (χ4v) is 5.69. The Bertz CT molecular complexity index is 622. The number of rotatable bonds is 5. The van der Waals surface area contributed by atoms with Crippen LogP contribution in [0.4, 0.5) is 0 Å². The normalized spacial score (nSPS) is 25.4. The van der Waals surface area contributed by atoms with E-state index in [1.165, 1.54) is 37.1 Å². The molecular weight excluding hydrogens is 318 g/mol. The maximum atomic E-state index is 11.5. The average molecular weight is 350 g/mol. The van der Waals surface area contributed by atoms with Crippen LogP contribution in [0.5, 0.6) is 0 Å². The number of nitrogens with zero attached hydrogens (tertiary/aromatic N) is 1. The molecule has 0 aliphatic carbocycles. The van der Waals surface area contributed by atoms with Gasteiger partial charge in [0, 0.05) is 13.1 Å². The minimum atomic E-state index is -2.73. The van der Waals surface area contributed by atoms with Crippen LogP contribution in [-0.4, -0.2) is 44.5 Å². The lowest BCUT2D eigenvalue weighted by atomic mass is 9.95. The molecule has 3 rings (SSSR count). The Hall–Kier alpha value is -0.870. The van der Waals surface area contributed by atoms with Gasteiger partial charge in [0.1, 0.15) is 9.84 Å². The third kappa shape index (κ3) is 4.82. The Morgan fingerprint density at radius 3 is 2.33 bits per heavy atom. The number of hydrogen-bond donors (Lipinski definition) is 0. The van der Waals surface area contributed by atoms with Gasteiger partial charge in [0.05, 0.1) is 11.5 Å². The van der Waals surface area contributed by atoms with Crippen molar-refractivity contribution < 1.29 is 8.42 Å². The summed E-state index contributed by atoms with van der Waals surface area (Å²) in [6, 6.07) is 9.14. The van der Waals surface area contributed by atoms with Gasteiger partial charge in [-0.15, -0.1) is 0 Å². The predicted octanol–water partition coefficient (Wildman–Crippen LogP) is 3.50. The molecule has 3 nitrogen and oxygen atoms in total. The summed E-state index contributed by atoms with van der Waals surface area (Å²) in [6.45, 7) is 7.92. The average Bonchev–Trinajstić information content (AvgIpc) is 2.97. The molecule has 0 bridgehead atoms. The lowest BCUT2D eigenvalue weighted by Gasteiger charge is -2.26. The highest BCUT2D eigenvalue weighted by molar-refractivity contribution is 7.91. The summed E-state index contributed by atoms with van der Waals surface area (Å²) in [7, 11) is -2.73. The first-order chi connectivity index (χ1) is 11.4. The van der Waals surface area contributed by atoms with Crippen molar-refractivity contribution in [1.82, 2.24) is 4.90 Å². The van der Waals surface area contributed by atoms with Crippen LogP contribution < -0.4 is 0 Å². The molecule has 0 amide bonds. The van der Waals surface area contributed by atoms with E-state index < -0.39 is 9.84 Å². The highest BCUT2D eigenvalue weighted by Crippen LogP contribution is 2.26. The van der Waals surface area contributed by atoms with Gasteiger partial charge < -0.3 is 4.90 Å². The van der Waals surface area contributed by atoms with E-state index in [0.29, 0.717) is 23.3 Å². The molecule has 0 radical (unpaired) electrons. The topological polar surface area (TPSA) is 37.4 Å². The van der Waals surface area contributed by atoms with Crippen molar-refractivity contribution in [2.75, 3.05) is 31.1 Å². The van der Waals surface area contributed by atoms with Crippen LogP contribution in [0.2, 0.25) is 0 Å². The van der Waals surface area contributed by atoms with Crippen LogP contribution in [0.15, 0.2) is 24.3 Å². The second kappa shape index (κ2) is 7.57. The molecule has 0 N–H and O–H groups in total. The number of sulfone groups is 1. The summed E-state index contributed by atoms with van der Waals surface area (Å²) in [5.41, 5.74) is 2.87. The lowest BCUT2D eigenvalue weighted by molar-refractivity contribution is 0.257. The third-order valence-electron chi connectivity index (χ3n) is 5.73. The van der Waals surface area contributed by atoms with Crippen LogP contribution in [0.3, 0.4) is 0 Å². The van der Waals surface area contributed by atoms with E-state index in [9.17, 15) is 8.42 Å². The minimum absolute atomic E-state index is 0.400. The molecule has 1 aromatic rings. The van der Waals surface area contributed by atoms with Crippen molar-refractivity contribution in [3.05, 3.63) is 35.4 Å². The summed E-state index contributed by atoms with van der Waals surface area (Å²) in [5.74, 6) is 2.73. The first-order valence-corrected chi connectivity index (χ1v) is 11.2. The number of hydrogen-bond acceptors (Lipinski definition) is 3. The standard InChI is InChI=1S/C20H31NO2S/c1-16(2)20-5-3-17(4-6-20)13-19-7-10-21(15-19)14-18-8-11-24(22,23)12-9-18/h3-6,16,18-19H,7-15H2,1-2H3. The fourth-order valence-electron chi connectivity index (χ4n) is 4.10. The van der Waals surface area contributed by atoms with Gasteiger partial charge in [0.25, 0.3) is 0 Å². The highest BCUT2D eigenvalue weighted by atomic mass is 32.2. The molecule has 1 unspecified atom stereocenters. The van der Waals surface area contributed by atoms with E-state index in [2.05, 4.69) is 43.0 Å². The van der Waals surface area contributed by atoms with E-state index in [1.807, 2.05) is 0 Å². The molecule has 2 saturated heterocycles. The Balaban J connectivity index is 1.45. The number of likely N-dealkylation sites (tertiary alicyclic amines) is 1. The molecule has 2 aliphatic rings. The maximum Gasteiger partial charge on any atom is 0.150 e. The molecule has 2 aliphatic heterocycles. The zero-order valence-corrected chi connectivity index (χ0v) is 15.9. The Morgan fingerprint density at radius 2 is 1.71 bits per heavy atom. The fraction of sp³-hybridized carbons (Fsp3) is 0.700. The van der Waals surface area contributed by atoms with Gasteiger partial charge >= 0.3 is 0 Å². The molecular formula is C20H31NO2S. The summed E-state index contributed by atoms with van der Waals surface area (Å²) in [5, 5.41) is 0. The predicted molar refractivity (Wildman–Crippen MR) is 100 cm³/mol. The smallest absolute Gasteiger partial charge is 0.150 e. The molecule has 1 atom stereocenters. The van der Waals surface area contributed by atoms with Gasteiger partial charge in [-0.25, -0.2) is 8.42 Å². The van der Waals surface area contributed by atoms with Gasteiger partial charge in [-0.05, 0) is 61.1 Å². The molecule has 2 fully saturated rings. The van der Waals surface area contributed by atoms with Crippen molar-refractivity contribution in [2.24, 2.45) is 11.8 Å². The van der Waals surface area contributed by atoms with Gasteiger partial charge in [-0.2, -0.15) is 0 Å². The maximum absolute atomic E-state index is 11.5. The Kier molecular flexibility index (Phi) is 5.66. The summed E-state index contributed by atoms with van der Waals surface area (Å²) >= 11 is 0. The molecule has 4 heteroatoms. The zero-order valence-electron chi connectivity index (χ0n) is 15.1. The van der Waals surface area contributed by atoms with Gasteiger partial charge in [-0.1, -0.05) is 38.1 Å². The second-order valence-corrected chi connectivity index (χ2v) is 10.4. The van der Waals surface area contributed by atoms with Gasteiger partial charge in [0.2, 0.25) is 0 Å². The summed E-state index contributed by atoms with van der Waals surface area (Å²) in [4.78, 5) is 2.57. The van der Waals surface area contributed by atoms with E-state index in [1.54, 1.807) is 0 Å². The molecule has 1 aromatic carbocycles. The molecule has 0 aromatic heterocycles. The van der Waals surface area contributed by atoms with Crippen molar-refractivity contribution in [3.8, 4) is 0 Å². The minimum Gasteiger partial charge on any atom is -0.303 e. The van der Waals surface area contributed by atoms with Crippen LogP contribution >= 0.6 is 0 Å². The van der Waals surface area contributed by atoms with Crippen molar-refractivity contribution >= 4 is 9.84 Å². The Labute approximate surface area is 147 Å². The lowest BCUT2D eigenvalue weighted by Crippen LogP contribution is -2.33. The third-order valence-corrected chi connectivity index (χ3v) is 7.45. The molecule has 0 spiro atoms. The highest BCUT2D eigenvalue weighted by Gasteiger charge is 2.28. The SMILES string of the molecule is CC(C)c1ccc(CC2CCN(CC3CCS(=O)(=O)CC3)C2)cc1. The monoisotopic (exact) mass is 349 g/mol. The van der Waals surface area contributed by atoms with Crippen molar-refractivity contribution in [3.63, 3.8) is 0 Å². The quantitative estimate of drug-likeness (QED) is 0.816.